The lowest BCUT2D eigenvalue weighted by Crippen LogP contribution is -2.03. The summed E-state index contributed by atoms with van der Waals surface area (Å²) in [6, 6.07) is 11.0. The van der Waals surface area contributed by atoms with E-state index >= 15 is 0 Å². The Morgan fingerprint density at radius 3 is 1.11 bits per heavy atom. The van der Waals surface area contributed by atoms with E-state index in [1.807, 2.05) is 36.4 Å². The van der Waals surface area contributed by atoms with E-state index in [4.69, 9.17) is 28.4 Å². The van der Waals surface area contributed by atoms with Gasteiger partial charge in [-0.15, -0.1) is 0 Å². The largest absolute Gasteiger partial charge is 0.502 e. The number of ether oxygens (including phenoxy) is 6. The highest BCUT2D eigenvalue weighted by atomic mass is 16.5. The van der Waals surface area contributed by atoms with Crippen LogP contribution in [0.15, 0.2) is 36.4 Å². The zero-order valence-corrected chi connectivity index (χ0v) is 28.2. The lowest BCUT2D eigenvalue weighted by atomic mass is 10.0. The second-order valence-electron chi connectivity index (χ2n) is 11.0. The average molecular weight is 635 g/mol. The standard InChI is InChI=1S/C38H50O8/c1-7-9-11-13-19-45-31-25-30(18-16-28-23-35(43-5)38(40)36(24-28)44-6)32(46-20-14-12-10-8-2)26-29(31)17-15-27-21-33(41-3)37(39)34(22-27)42-4/h15-18,21-26,39-40H,7-14,19-20H2,1-6H3. The van der Waals surface area contributed by atoms with Crippen molar-refractivity contribution in [2.45, 2.75) is 65.2 Å². The Kier molecular flexibility index (Phi) is 15.0. The van der Waals surface area contributed by atoms with E-state index in [0.717, 1.165) is 72.3 Å². The number of phenolic OH excluding ortho intramolecular Hbond substituents is 2. The third-order valence-electron chi connectivity index (χ3n) is 7.57. The van der Waals surface area contributed by atoms with Crippen molar-refractivity contribution < 1.29 is 38.6 Å². The highest BCUT2D eigenvalue weighted by molar-refractivity contribution is 5.80. The predicted molar refractivity (Wildman–Crippen MR) is 186 cm³/mol. The Balaban J connectivity index is 2.06. The molecule has 0 aromatic heterocycles. The van der Waals surface area contributed by atoms with Gasteiger partial charge in [-0.1, -0.05) is 76.7 Å². The van der Waals surface area contributed by atoms with Crippen molar-refractivity contribution in [3.05, 3.63) is 58.7 Å². The van der Waals surface area contributed by atoms with E-state index in [1.165, 1.54) is 41.3 Å². The maximum atomic E-state index is 10.4. The molecule has 0 spiro atoms. The van der Waals surface area contributed by atoms with Crippen LogP contribution in [-0.4, -0.2) is 51.9 Å². The first-order chi connectivity index (χ1) is 22.4. The molecule has 0 unspecified atom stereocenters. The van der Waals surface area contributed by atoms with Crippen molar-refractivity contribution in [3.8, 4) is 46.0 Å². The fourth-order valence-electron chi connectivity index (χ4n) is 4.92. The van der Waals surface area contributed by atoms with Crippen LogP contribution >= 0.6 is 0 Å². The molecule has 3 rings (SSSR count). The van der Waals surface area contributed by atoms with Crippen LogP contribution in [0.25, 0.3) is 24.3 Å². The summed E-state index contributed by atoms with van der Waals surface area (Å²) in [5.74, 6) is 2.66. The lowest BCUT2D eigenvalue weighted by molar-refractivity contribution is 0.296. The van der Waals surface area contributed by atoms with Gasteiger partial charge in [-0.2, -0.15) is 0 Å². The van der Waals surface area contributed by atoms with Crippen molar-refractivity contribution in [3.63, 3.8) is 0 Å². The Bertz CT molecular complexity index is 1280. The smallest absolute Gasteiger partial charge is 0.200 e. The van der Waals surface area contributed by atoms with Gasteiger partial charge in [0.2, 0.25) is 11.5 Å². The second kappa shape index (κ2) is 19.1. The fourth-order valence-corrected chi connectivity index (χ4v) is 4.92. The van der Waals surface area contributed by atoms with E-state index in [0.29, 0.717) is 36.2 Å². The van der Waals surface area contributed by atoms with Crippen molar-refractivity contribution in [1.82, 2.24) is 0 Å². The normalized spacial score (nSPS) is 11.3. The quantitative estimate of drug-likeness (QED) is 0.0938. The lowest BCUT2D eigenvalue weighted by Gasteiger charge is -2.16. The van der Waals surface area contributed by atoms with Gasteiger partial charge in [0, 0.05) is 11.1 Å². The number of aromatic hydroxyl groups is 2. The minimum Gasteiger partial charge on any atom is -0.502 e. The molecule has 0 aliphatic carbocycles. The summed E-state index contributed by atoms with van der Waals surface area (Å²) < 4.78 is 34.1. The monoisotopic (exact) mass is 634 g/mol. The van der Waals surface area contributed by atoms with Crippen molar-refractivity contribution >= 4 is 24.3 Å². The summed E-state index contributed by atoms with van der Waals surface area (Å²) in [5.41, 5.74) is 3.30. The maximum absolute atomic E-state index is 10.4. The summed E-state index contributed by atoms with van der Waals surface area (Å²) in [4.78, 5) is 0. The molecule has 8 nitrogen and oxygen atoms in total. The molecule has 3 aromatic rings. The summed E-state index contributed by atoms with van der Waals surface area (Å²) in [6.45, 7) is 5.56. The third-order valence-corrected chi connectivity index (χ3v) is 7.57. The molecule has 8 heteroatoms. The zero-order chi connectivity index (χ0) is 33.3. The number of hydrogen-bond donors (Lipinski definition) is 2. The molecule has 0 fully saturated rings. The van der Waals surface area contributed by atoms with Gasteiger partial charge in [-0.05, 0) is 60.4 Å². The molecule has 250 valence electrons. The first-order valence-corrected chi connectivity index (χ1v) is 16.1. The van der Waals surface area contributed by atoms with Crippen LogP contribution in [0.2, 0.25) is 0 Å². The highest BCUT2D eigenvalue weighted by Gasteiger charge is 2.14. The van der Waals surface area contributed by atoms with E-state index in [-0.39, 0.29) is 11.5 Å². The molecule has 0 saturated carbocycles. The van der Waals surface area contributed by atoms with E-state index in [9.17, 15) is 10.2 Å². The van der Waals surface area contributed by atoms with E-state index in [2.05, 4.69) is 13.8 Å². The molecular weight excluding hydrogens is 584 g/mol. The van der Waals surface area contributed by atoms with Gasteiger partial charge >= 0.3 is 0 Å². The van der Waals surface area contributed by atoms with Crippen molar-refractivity contribution in [2.75, 3.05) is 41.7 Å². The Hall–Kier alpha value is -4.46. The Labute approximate surface area is 274 Å². The van der Waals surface area contributed by atoms with Crippen molar-refractivity contribution in [2.24, 2.45) is 0 Å². The van der Waals surface area contributed by atoms with Gasteiger partial charge in [0.15, 0.2) is 23.0 Å². The van der Waals surface area contributed by atoms with Crippen LogP contribution in [0, 0.1) is 0 Å². The van der Waals surface area contributed by atoms with Gasteiger partial charge in [0.25, 0.3) is 0 Å². The summed E-state index contributed by atoms with van der Waals surface area (Å²) in [6.07, 6.45) is 16.6. The molecule has 0 atom stereocenters. The maximum Gasteiger partial charge on any atom is 0.200 e. The SMILES string of the molecule is CCCCCCOc1cc(C=Cc2cc(OC)c(O)c(OC)c2)c(OCCCCCC)cc1C=Cc1cc(OC)c(O)c(OC)c1. The van der Waals surface area contributed by atoms with Gasteiger partial charge in [0.05, 0.1) is 41.7 Å². The number of hydrogen-bond acceptors (Lipinski definition) is 8. The fraction of sp³-hybridized carbons (Fsp3) is 0.421. The Morgan fingerprint density at radius 2 is 0.804 bits per heavy atom. The first kappa shape index (κ1) is 36.0. The number of rotatable bonds is 20. The molecule has 0 radical (unpaired) electrons. The van der Waals surface area contributed by atoms with Gasteiger partial charge in [-0.25, -0.2) is 0 Å². The molecule has 2 N–H and O–H groups in total. The summed E-state index contributed by atoms with van der Waals surface area (Å²) in [5, 5.41) is 20.7. The third kappa shape index (κ3) is 10.3. The molecule has 0 aliphatic rings. The molecule has 46 heavy (non-hydrogen) atoms. The minimum absolute atomic E-state index is 0.0444. The molecule has 0 amide bonds. The van der Waals surface area contributed by atoms with Gasteiger partial charge in [0.1, 0.15) is 11.5 Å². The highest BCUT2D eigenvalue weighted by Crippen LogP contribution is 2.40. The number of phenols is 2. The molecule has 0 heterocycles. The van der Waals surface area contributed by atoms with Crippen LogP contribution in [0.1, 0.15) is 87.5 Å². The zero-order valence-electron chi connectivity index (χ0n) is 28.2. The molecule has 0 bridgehead atoms. The number of unbranched alkanes of at least 4 members (excludes halogenated alkanes) is 6. The molecule has 0 aliphatic heterocycles. The number of methoxy groups -OCH3 is 4. The first-order valence-electron chi connectivity index (χ1n) is 16.1. The predicted octanol–water partition coefficient (Wildman–Crippen LogP) is 9.39. The molecule has 0 saturated heterocycles. The van der Waals surface area contributed by atoms with Gasteiger partial charge < -0.3 is 38.6 Å². The average Bonchev–Trinajstić information content (AvgIpc) is 3.07. The molecular formula is C38H50O8. The van der Waals surface area contributed by atoms with Crippen LogP contribution < -0.4 is 28.4 Å². The van der Waals surface area contributed by atoms with Crippen LogP contribution in [0.4, 0.5) is 0 Å². The van der Waals surface area contributed by atoms with Crippen LogP contribution in [0.3, 0.4) is 0 Å². The van der Waals surface area contributed by atoms with Crippen LogP contribution in [0.5, 0.6) is 46.0 Å². The van der Waals surface area contributed by atoms with Gasteiger partial charge in [-0.3, -0.25) is 0 Å². The Morgan fingerprint density at radius 1 is 0.457 bits per heavy atom. The summed E-state index contributed by atoms with van der Waals surface area (Å²) in [7, 11) is 6.03. The van der Waals surface area contributed by atoms with E-state index < -0.39 is 0 Å². The summed E-state index contributed by atoms with van der Waals surface area (Å²) >= 11 is 0. The van der Waals surface area contributed by atoms with Crippen molar-refractivity contribution in [1.29, 1.82) is 0 Å². The second-order valence-corrected chi connectivity index (χ2v) is 11.0. The van der Waals surface area contributed by atoms with Crippen LogP contribution in [-0.2, 0) is 0 Å². The minimum atomic E-state index is -0.0444. The molecule has 3 aromatic carbocycles. The number of benzene rings is 3. The van der Waals surface area contributed by atoms with E-state index in [1.54, 1.807) is 24.3 Å². The topological polar surface area (TPSA) is 95.8 Å².